The van der Waals surface area contributed by atoms with Gasteiger partial charge in [0.2, 0.25) is 0 Å². The van der Waals surface area contributed by atoms with Gasteiger partial charge in [-0.2, -0.15) is 30.3 Å². The van der Waals surface area contributed by atoms with Crippen molar-refractivity contribution in [3.8, 4) is 11.5 Å². The van der Waals surface area contributed by atoms with Gasteiger partial charge in [-0.1, -0.05) is 72.3 Å². The van der Waals surface area contributed by atoms with Crippen molar-refractivity contribution in [3.63, 3.8) is 0 Å². The molecule has 0 radical (unpaired) electrons. The summed E-state index contributed by atoms with van der Waals surface area (Å²) in [6.07, 6.45) is 9.25. The van der Waals surface area contributed by atoms with Gasteiger partial charge in [0, 0.05) is 29.7 Å². The molecule has 9 rings (SSSR count). The first-order valence-corrected chi connectivity index (χ1v) is 15.5. The first-order chi connectivity index (χ1) is 23.2. The Hall–Kier alpha value is -5.49. The molecule has 6 nitrogen and oxygen atoms in total. The monoisotopic (exact) mass is 802 g/mol. The second kappa shape index (κ2) is 13.7. The second-order valence-electron chi connectivity index (χ2n) is 11.2. The summed E-state index contributed by atoms with van der Waals surface area (Å²) in [7, 11) is 0. The molecular formula is C41H29IrN4O2. The van der Waals surface area contributed by atoms with Gasteiger partial charge in [0.05, 0.1) is 5.69 Å². The number of aromatic hydroxyl groups is 1. The summed E-state index contributed by atoms with van der Waals surface area (Å²) >= 11 is 0. The number of hydrogen-bond acceptors (Lipinski definition) is 6. The smallest absolute Gasteiger partial charge is 0.506 e. The van der Waals surface area contributed by atoms with Crippen LogP contribution in [0.15, 0.2) is 152 Å². The molecule has 3 aliphatic rings. The van der Waals surface area contributed by atoms with Crippen molar-refractivity contribution in [2.24, 2.45) is 0 Å². The van der Waals surface area contributed by atoms with Gasteiger partial charge in [0.15, 0.2) is 0 Å². The molecule has 0 saturated carbocycles. The van der Waals surface area contributed by atoms with Crippen LogP contribution in [0.2, 0.25) is 0 Å². The van der Waals surface area contributed by atoms with E-state index in [0.717, 1.165) is 51.0 Å². The Morgan fingerprint density at radius 3 is 2.02 bits per heavy atom. The molecule has 0 saturated heterocycles. The van der Waals surface area contributed by atoms with Gasteiger partial charge in [-0.25, -0.2) is 0 Å². The molecule has 2 unspecified atom stereocenters. The van der Waals surface area contributed by atoms with Crippen LogP contribution >= 0.6 is 0 Å². The summed E-state index contributed by atoms with van der Waals surface area (Å²) in [5, 5.41) is 10.2. The summed E-state index contributed by atoms with van der Waals surface area (Å²) in [5.74, 6) is 1.34. The maximum absolute atomic E-state index is 10.2. The summed E-state index contributed by atoms with van der Waals surface area (Å²) in [5.41, 5.74) is 8.80. The van der Waals surface area contributed by atoms with Gasteiger partial charge >= 0.3 is 20.1 Å². The van der Waals surface area contributed by atoms with Crippen LogP contribution < -0.4 is 14.5 Å². The van der Waals surface area contributed by atoms with Crippen LogP contribution in [-0.4, -0.2) is 21.2 Å². The van der Waals surface area contributed by atoms with E-state index in [2.05, 4.69) is 51.3 Å². The number of aromatic nitrogens is 2. The molecule has 4 heterocycles. The minimum absolute atomic E-state index is 0. The molecule has 48 heavy (non-hydrogen) atoms. The SMILES string of the molecule is Oc1ccccc1N1[CH-]N(c2[c-]cccc2)c2ccccc21.[C-]1=C(c2ccccn2)C2Oc3ccccc3C2C=C1c1ccccn1.[Ir+3]. The first kappa shape index (κ1) is 31.1. The molecule has 0 fully saturated rings. The third kappa shape index (κ3) is 5.90. The largest absolute Gasteiger partial charge is 3.00 e. The zero-order valence-electron chi connectivity index (χ0n) is 25.6. The summed E-state index contributed by atoms with van der Waals surface area (Å²) in [6, 6.07) is 46.6. The van der Waals surface area contributed by atoms with Crippen molar-refractivity contribution in [2.75, 3.05) is 9.80 Å². The quantitative estimate of drug-likeness (QED) is 0.180. The topological polar surface area (TPSA) is 61.7 Å². The van der Waals surface area contributed by atoms with Crippen LogP contribution in [0.3, 0.4) is 0 Å². The number of nitrogens with zero attached hydrogens (tertiary/aromatic N) is 4. The average Bonchev–Trinajstić information content (AvgIpc) is 3.72. The molecule has 2 aromatic heterocycles. The Bertz CT molecular complexity index is 2090. The predicted molar refractivity (Wildman–Crippen MR) is 185 cm³/mol. The number of phenols is 1. The van der Waals surface area contributed by atoms with E-state index in [1.807, 2.05) is 127 Å². The van der Waals surface area contributed by atoms with Crippen molar-refractivity contribution in [3.05, 3.63) is 188 Å². The molecule has 0 bridgehead atoms. The van der Waals surface area contributed by atoms with Gasteiger partial charge in [-0.15, -0.1) is 30.1 Å². The Morgan fingerprint density at radius 1 is 0.667 bits per heavy atom. The standard InChI is InChI=1S/C22H15N2O.C19H14N2O.Ir/c1-2-10-21-16(7-1)17-13-15(19-8-3-5-11-23-19)14-18(22(17)25-21)20-9-4-6-12-24-20;22-19-13-7-6-12-18(19)21-14-20(15-8-2-1-3-9-15)16-10-4-5-11-17(16)21;/h1-13,17,22H;1-8,10-14,22H;/q-1;-2;+3. The summed E-state index contributed by atoms with van der Waals surface area (Å²) in [6.45, 7) is 1.98. The van der Waals surface area contributed by atoms with E-state index in [0.29, 0.717) is 0 Å². The minimum Gasteiger partial charge on any atom is -0.506 e. The second-order valence-corrected chi connectivity index (χ2v) is 11.2. The maximum Gasteiger partial charge on any atom is 3.00 e. The van der Waals surface area contributed by atoms with Crippen LogP contribution in [0.4, 0.5) is 22.7 Å². The number of rotatable bonds is 4. The first-order valence-electron chi connectivity index (χ1n) is 15.5. The number of benzene rings is 4. The van der Waals surface area contributed by atoms with Gasteiger partial charge < -0.3 is 29.6 Å². The van der Waals surface area contributed by atoms with Crippen molar-refractivity contribution < 1.29 is 29.9 Å². The Kier molecular flexibility index (Phi) is 8.88. The van der Waals surface area contributed by atoms with E-state index in [1.165, 1.54) is 5.56 Å². The average molecular weight is 802 g/mol. The van der Waals surface area contributed by atoms with E-state index >= 15 is 0 Å². The molecule has 2 atom stereocenters. The molecule has 1 N–H and O–H groups in total. The zero-order valence-corrected chi connectivity index (χ0v) is 28.0. The van der Waals surface area contributed by atoms with Crippen LogP contribution in [0.25, 0.3) is 11.1 Å². The van der Waals surface area contributed by atoms with Crippen molar-refractivity contribution in [1.29, 1.82) is 0 Å². The number of anilines is 4. The third-order valence-corrected chi connectivity index (χ3v) is 8.37. The van der Waals surface area contributed by atoms with Crippen LogP contribution in [0.5, 0.6) is 11.5 Å². The number of fused-ring (bicyclic) bond motifs is 4. The van der Waals surface area contributed by atoms with Gasteiger partial charge in [0.25, 0.3) is 0 Å². The van der Waals surface area contributed by atoms with E-state index in [9.17, 15) is 5.11 Å². The third-order valence-electron chi connectivity index (χ3n) is 8.37. The fourth-order valence-corrected chi connectivity index (χ4v) is 6.19. The molecule has 1 aliphatic carbocycles. The molecule has 234 valence electrons. The Balaban J connectivity index is 0.000000150. The molecule has 7 heteroatoms. The van der Waals surface area contributed by atoms with Crippen LogP contribution in [0, 0.1) is 18.8 Å². The normalized spacial score (nSPS) is 16.9. The molecule has 2 aliphatic heterocycles. The van der Waals surface area contributed by atoms with Crippen molar-refractivity contribution in [2.45, 2.75) is 12.0 Å². The molecular weight excluding hydrogens is 773 g/mol. The Labute approximate surface area is 293 Å². The van der Waals surface area contributed by atoms with Crippen molar-refractivity contribution in [1.82, 2.24) is 9.97 Å². The summed E-state index contributed by atoms with van der Waals surface area (Å²) in [4.78, 5) is 13.1. The van der Waals surface area contributed by atoms with Gasteiger partial charge in [-0.3, -0.25) is 0 Å². The molecule has 6 aromatic rings. The van der Waals surface area contributed by atoms with Gasteiger partial charge in [-0.05, 0) is 59.4 Å². The number of ether oxygens (including phenoxy) is 1. The summed E-state index contributed by atoms with van der Waals surface area (Å²) < 4.78 is 6.26. The number of phenolic OH excluding ortho intramolecular Hbond substituents is 1. The number of para-hydroxylation sites is 6. The molecule has 0 spiro atoms. The Morgan fingerprint density at radius 2 is 1.31 bits per heavy atom. The zero-order chi connectivity index (χ0) is 31.6. The molecule has 4 aromatic carbocycles. The minimum atomic E-state index is -0.0974. The van der Waals surface area contributed by atoms with Gasteiger partial charge in [0.1, 0.15) is 17.6 Å². The van der Waals surface area contributed by atoms with E-state index < -0.39 is 0 Å². The van der Waals surface area contributed by atoms with Crippen LogP contribution in [-0.2, 0) is 20.1 Å². The fraction of sp³-hybridized carbons (Fsp3) is 0.0488. The fourth-order valence-electron chi connectivity index (χ4n) is 6.19. The number of allylic oxidation sites excluding steroid dienone is 2. The number of pyridine rings is 2. The molecule has 0 amide bonds. The van der Waals surface area contributed by atoms with Crippen molar-refractivity contribution >= 4 is 33.9 Å². The van der Waals surface area contributed by atoms with E-state index in [1.54, 1.807) is 12.3 Å². The van der Waals surface area contributed by atoms with E-state index in [4.69, 9.17) is 4.74 Å². The maximum atomic E-state index is 10.2. The van der Waals surface area contributed by atoms with Crippen LogP contribution in [0.1, 0.15) is 22.9 Å². The number of hydrogen-bond donors (Lipinski definition) is 1. The predicted octanol–water partition coefficient (Wildman–Crippen LogP) is 8.90. The van der Waals surface area contributed by atoms with E-state index in [-0.39, 0.29) is 37.9 Å².